The number of rotatable bonds is 6. The average molecular weight is 350 g/mol. The van der Waals surface area contributed by atoms with Crippen molar-refractivity contribution in [2.45, 2.75) is 31.7 Å². The maximum Gasteiger partial charge on any atom is 0.325 e. The summed E-state index contributed by atoms with van der Waals surface area (Å²) in [6.45, 7) is 1.93. The highest BCUT2D eigenvalue weighted by Gasteiger charge is 2.56. The molecular formula is C17H20ClN3O3. The first kappa shape index (κ1) is 16.8. The zero-order valence-corrected chi connectivity index (χ0v) is 14.2. The Hall–Kier alpha value is -2.08. The molecule has 1 heterocycles. The Morgan fingerprint density at radius 3 is 2.62 bits per heavy atom. The van der Waals surface area contributed by atoms with Crippen molar-refractivity contribution < 1.29 is 14.4 Å². The zero-order chi connectivity index (χ0) is 17.3. The van der Waals surface area contributed by atoms with Gasteiger partial charge < -0.3 is 10.6 Å². The summed E-state index contributed by atoms with van der Waals surface area (Å²) in [6.07, 6.45) is 2.52. The molecule has 1 aromatic carbocycles. The summed E-state index contributed by atoms with van der Waals surface area (Å²) in [4.78, 5) is 37.5. The van der Waals surface area contributed by atoms with E-state index < -0.39 is 11.6 Å². The highest BCUT2D eigenvalue weighted by molar-refractivity contribution is 6.30. The quantitative estimate of drug-likeness (QED) is 0.767. The molecule has 2 fully saturated rings. The Morgan fingerprint density at radius 2 is 2.00 bits per heavy atom. The molecule has 0 bridgehead atoms. The van der Waals surface area contributed by atoms with Gasteiger partial charge in [-0.25, -0.2) is 4.79 Å². The topological polar surface area (TPSA) is 78.5 Å². The minimum absolute atomic E-state index is 0.187. The van der Waals surface area contributed by atoms with Crippen LogP contribution < -0.4 is 10.6 Å². The zero-order valence-electron chi connectivity index (χ0n) is 13.5. The highest BCUT2D eigenvalue weighted by Crippen LogP contribution is 2.42. The van der Waals surface area contributed by atoms with Gasteiger partial charge in [0.1, 0.15) is 12.1 Å². The van der Waals surface area contributed by atoms with Gasteiger partial charge in [-0.1, -0.05) is 23.7 Å². The van der Waals surface area contributed by atoms with E-state index in [2.05, 4.69) is 10.6 Å². The monoisotopic (exact) mass is 349 g/mol. The average Bonchev–Trinajstić information content (AvgIpc) is 3.36. The predicted octanol–water partition coefficient (Wildman–Crippen LogP) is 1.72. The second-order valence-electron chi connectivity index (χ2n) is 6.52. The Balaban J connectivity index is 1.49. The van der Waals surface area contributed by atoms with E-state index in [0.717, 1.165) is 23.3 Å². The van der Waals surface area contributed by atoms with Crippen molar-refractivity contribution in [3.8, 4) is 0 Å². The fraction of sp³-hybridized carbons (Fsp3) is 0.471. The van der Waals surface area contributed by atoms with Crippen molar-refractivity contribution in [1.29, 1.82) is 0 Å². The minimum atomic E-state index is -0.847. The van der Waals surface area contributed by atoms with E-state index in [9.17, 15) is 14.4 Å². The van der Waals surface area contributed by atoms with Crippen LogP contribution in [-0.2, 0) is 16.0 Å². The molecule has 1 aliphatic heterocycles. The van der Waals surface area contributed by atoms with Crippen LogP contribution >= 0.6 is 11.6 Å². The van der Waals surface area contributed by atoms with Crippen LogP contribution in [0.1, 0.15) is 25.3 Å². The molecule has 128 valence electrons. The molecule has 0 aromatic heterocycles. The maximum atomic E-state index is 12.4. The van der Waals surface area contributed by atoms with E-state index in [4.69, 9.17) is 11.6 Å². The summed E-state index contributed by atoms with van der Waals surface area (Å²) >= 11 is 5.82. The first-order valence-electron chi connectivity index (χ1n) is 8.05. The molecule has 0 radical (unpaired) electrons. The minimum Gasteiger partial charge on any atom is -0.354 e. The van der Waals surface area contributed by atoms with Crippen LogP contribution in [0.25, 0.3) is 0 Å². The van der Waals surface area contributed by atoms with Gasteiger partial charge in [0.25, 0.3) is 5.91 Å². The largest absolute Gasteiger partial charge is 0.354 e. The molecule has 1 saturated heterocycles. The summed E-state index contributed by atoms with van der Waals surface area (Å²) in [6, 6.07) is 6.90. The van der Waals surface area contributed by atoms with Crippen molar-refractivity contribution in [2.24, 2.45) is 5.92 Å². The van der Waals surface area contributed by atoms with Gasteiger partial charge in [-0.05, 0) is 49.8 Å². The molecule has 2 aliphatic rings. The van der Waals surface area contributed by atoms with E-state index in [1.165, 1.54) is 0 Å². The molecule has 2 N–H and O–H groups in total. The van der Waals surface area contributed by atoms with Crippen LogP contribution in [0.15, 0.2) is 24.3 Å². The van der Waals surface area contributed by atoms with E-state index in [1.54, 1.807) is 19.1 Å². The number of carbonyl (C=O) groups is 3. The van der Waals surface area contributed by atoms with Gasteiger partial charge in [0.05, 0.1) is 0 Å². The smallest absolute Gasteiger partial charge is 0.325 e. The lowest BCUT2D eigenvalue weighted by atomic mass is 9.96. The van der Waals surface area contributed by atoms with Crippen molar-refractivity contribution in [3.05, 3.63) is 34.9 Å². The lowest BCUT2D eigenvalue weighted by Crippen LogP contribution is -2.47. The second-order valence-corrected chi connectivity index (χ2v) is 6.96. The Labute approximate surface area is 145 Å². The highest BCUT2D eigenvalue weighted by atomic mass is 35.5. The number of urea groups is 1. The van der Waals surface area contributed by atoms with E-state index in [-0.39, 0.29) is 24.3 Å². The lowest BCUT2D eigenvalue weighted by Gasteiger charge is -2.20. The molecule has 1 aliphatic carbocycles. The fourth-order valence-corrected chi connectivity index (χ4v) is 3.12. The Bertz CT molecular complexity index is 672. The third kappa shape index (κ3) is 3.38. The molecule has 1 atom stereocenters. The number of nitrogens with one attached hydrogen (secondary N) is 2. The molecular weight excluding hydrogens is 330 g/mol. The summed E-state index contributed by atoms with van der Waals surface area (Å²) in [5.41, 5.74) is 0.205. The number of imide groups is 1. The van der Waals surface area contributed by atoms with Gasteiger partial charge in [-0.15, -0.1) is 0 Å². The second kappa shape index (κ2) is 6.43. The number of hydrogen-bond acceptors (Lipinski definition) is 3. The fourth-order valence-electron chi connectivity index (χ4n) is 2.99. The number of hydrogen-bond donors (Lipinski definition) is 2. The Morgan fingerprint density at radius 1 is 1.33 bits per heavy atom. The van der Waals surface area contributed by atoms with E-state index >= 15 is 0 Å². The maximum absolute atomic E-state index is 12.4. The van der Waals surface area contributed by atoms with Gasteiger partial charge in [-0.3, -0.25) is 14.5 Å². The van der Waals surface area contributed by atoms with E-state index in [1.807, 2.05) is 12.1 Å². The molecule has 0 spiro atoms. The predicted molar refractivity (Wildman–Crippen MR) is 89.5 cm³/mol. The van der Waals surface area contributed by atoms with Crippen LogP contribution in [0, 0.1) is 5.92 Å². The summed E-state index contributed by atoms with van der Waals surface area (Å²) in [7, 11) is 0. The van der Waals surface area contributed by atoms with E-state index in [0.29, 0.717) is 18.0 Å². The van der Waals surface area contributed by atoms with Crippen molar-refractivity contribution in [2.75, 3.05) is 13.1 Å². The molecule has 3 rings (SSSR count). The summed E-state index contributed by atoms with van der Waals surface area (Å²) < 4.78 is 0. The molecule has 1 aromatic rings. The van der Waals surface area contributed by atoms with Crippen LogP contribution in [0.3, 0.4) is 0 Å². The van der Waals surface area contributed by atoms with Gasteiger partial charge >= 0.3 is 6.03 Å². The molecule has 1 saturated carbocycles. The van der Waals surface area contributed by atoms with Gasteiger partial charge in [0, 0.05) is 11.6 Å². The molecule has 24 heavy (non-hydrogen) atoms. The summed E-state index contributed by atoms with van der Waals surface area (Å²) in [5, 5.41) is 6.14. The van der Waals surface area contributed by atoms with Gasteiger partial charge in [-0.2, -0.15) is 0 Å². The van der Waals surface area contributed by atoms with Gasteiger partial charge in [0.2, 0.25) is 5.91 Å². The number of halogens is 1. The third-order valence-corrected chi connectivity index (χ3v) is 4.90. The van der Waals surface area contributed by atoms with Crippen LogP contribution in [0.4, 0.5) is 4.79 Å². The van der Waals surface area contributed by atoms with Gasteiger partial charge in [0.15, 0.2) is 0 Å². The lowest BCUT2D eigenvalue weighted by molar-refractivity contribution is -0.135. The summed E-state index contributed by atoms with van der Waals surface area (Å²) in [5.74, 6) is -0.456. The van der Waals surface area contributed by atoms with Crippen molar-refractivity contribution in [3.63, 3.8) is 0 Å². The Kier molecular flexibility index (Phi) is 4.49. The van der Waals surface area contributed by atoms with Crippen molar-refractivity contribution >= 4 is 29.4 Å². The first-order chi connectivity index (χ1) is 11.4. The molecule has 4 amide bonds. The standard InChI is InChI=1S/C17H20ClN3O3/c1-17(12-4-5-12)15(23)21(16(24)20-17)10-14(22)19-9-8-11-2-6-13(18)7-3-11/h2-3,6-7,12H,4-5,8-10H2,1H3,(H,19,22)(H,20,24). The normalized spacial score (nSPS) is 23.3. The number of amides is 4. The molecule has 6 nitrogen and oxygen atoms in total. The number of nitrogens with zero attached hydrogens (tertiary/aromatic N) is 1. The molecule has 7 heteroatoms. The van der Waals surface area contributed by atoms with Crippen molar-refractivity contribution in [1.82, 2.24) is 15.5 Å². The molecule has 1 unspecified atom stereocenters. The van der Waals surface area contributed by atoms with Crippen LogP contribution in [0.2, 0.25) is 5.02 Å². The van der Waals surface area contributed by atoms with Crippen LogP contribution in [0.5, 0.6) is 0 Å². The van der Waals surface area contributed by atoms with Crippen LogP contribution in [-0.4, -0.2) is 41.4 Å². The first-order valence-corrected chi connectivity index (χ1v) is 8.43. The third-order valence-electron chi connectivity index (χ3n) is 4.65. The number of carbonyl (C=O) groups excluding carboxylic acids is 3. The number of benzene rings is 1. The SMILES string of the molecule is CC1(C2CC2)NC(=O)N(CC(=O)NCCc2ccc(Cl)cc2)C1=O.